The van der Waals surface area contributed by atoms with E-state index in [9.17, 15) is 9.90 Å². The van der Waals surface area contributed by atoms with Crippen molar-refractivity contribution in [1.82, 2.24) is 0 Å². The lowest BCUT2D eigenvalue weighted by atomic mass is 9.95. The zero-order valence-corrected chi connectivity index (χ0v) is 10.8. The molecule has 1 aromatic carbocycles. The monoisotopic (exact) mass is 238 g/mol. The third-order valence-corrected chi connectivity index (χ3v) is 3.00. The summed E-state index contributed by atoms with van der Waals surface area (Å²) in [7, 11) is 0. The van der Waals surface area contributed by atoms with E-state index in [0.717, 1.165) is 19.3 Å². The average Bonchev–Trinajstić information content (AvgIpc) is 2.39. The second-order valence-corrected chi connectivity index (χ2v) is 3.96. The van der Waals surface area contributed by atoms with Crippen molar-refractivity contribution in [2.75, 3.05) is 0 Å². The van der Waals surface area contributed by atoms with Crippen LogP contribution in [-0.2, 0) is 0 Å². The molecule has 1 rings (SSSR count). The van der Waals surface area contributed by atoms with Crippen molar-refractivity contribution in [3.63, 3.8) is 0 Å². The van der Waals surface area contributed by atoms with Gasteiger partial charge in [0.1, 0.15) is 0 Å². The molecule has 1 aromatic rings. The lowest BCUT2D eigenvalue weighted by Crippen LogP contribution is -2.24. The Morgan fingerprint density at radius 1 is 1.06 bits per heavy atom. The van der Waals surface area contributed by atoms with Crippen LogP contribution in [0, 0.1) is 0 Å². The van der Waals surface area contributed by atoms with Crippen LogP contribution in [0.2, 0.25) is 0 Å². The number of carboxylic acids is 1. The van der Waals surface area contributed by atoms with Gasteiger partial charge in [0.2, 0.25) is 0 Å². The first-order valence-corrected chi connectivity index (χ1v) is 5.99. The third kappa shape index (κ3) is 6.07. The van der Waals surface area contributed by atoms with Crippen LogP contribution in [0.3, 0.4) is 0 Å². The largest absolute Gasteiger partial charge is 0.478 e. The molecule has 0 atom stereocenters. The van der Waals surface area contributed by atoms with E-state index in [4.69, 9.17) is 5.11 Å². The van der Waals surface area contributed by atoms with Crippen molar-refractivity contribution in [1.29, 1.82) is 0 Å². The van der Waals surface area contributed by atoms with Crippen LogP contribution >= 0.6 is 0 Å². The molecule has 3 heteroatoms. The number of hydrogen-bond acceptors (Lipinski definition) is 2. The maximum absolute atomic E-state index is 10.2. The SMILES string of the molecule is CCC(O)(CC)CC.O=C(O)c1ccccc1. The molecule has 0 aliphatic carbocycles. The number of benzene rings is 1. The lowest BCUT2D eigenvalue weighted by Gasteiger charge is -2.22. The summed E-state index contributed by atoms with van der Waals surface area (Å²) in [4.78, 5) is 10.2. The highest BCUT2D eigenvalue weighted by atomic mass is 16.4. The molecule has 3 nitrogen and oxygen atoms in total. The highest BCUT2D eigenvalue weighted by Gasteiger charge is 2.17. The summed E-state index contributed by atoms with van der Waals surface area (Å²) in [5.41, 5.74) is -0.0440. The Labute approximate surface area is 103 Å². The highest BCUT2D eigenvalue weighted by Crippen LogP contribution is 2.17. The number of carbonyl (C=O) groups is 1. The first-order chi connectivity index (χ1) is 7.99. The lowest BCUT2D eigenvalue weighted by molar-refractivity contribution is 0.0285. The van der Waals surface area contributed by atoms with Crippen LogP contribution in [0.5, 0.6) is 0 Å². The van der Waals surface area contributed by atoms with Crippen LogP contribution in [0.15, 0.2) is 30.3 Å². The molecule has 0 bridgehead atoms. The zero-order valence-electron chi connectivity index (χ0n) is 10.8. The fourth-order valence-corrected chi connectivity index (χ4v) is 1.33. The van der Waals surface area contributed by atoms with Gasteiger partial charge in [0.15, 0.2) is 0 Å². The summed E-state index contributed by atoms with van der Waals surface area (Å²) in [6, 6.07) is 8.30. The van der Waals surface area contributed by atoms with Crippen LogP contribution < -0.4 is 0 Å². The van der Waals surface area contributed by atoms with Gasteiger partial charge in [-0.3, -0.25) is 0 Å². The van der Waals surface area contributed by atoms with Crippen molar-refractivity contribution in [2.24, 2.45) is 0 Å². The number of carboxylic acid groups (broad SMARTS) is 1. The minimum atomic E-state index is -0.879. The fourth-order valence-electron chi connectivity index (χ4n) is 1.33. The Morgan fingerprint density at radius 3 is 1.65 bits per heavy atom. The molecule has 0 unspecified atom stereocenters. The second-order valence-electron chi connectivity index (χ2n) is 3.96. The standard InChI is InChI=1S/C7H6O2.C7H16O/c8-7(9)6-4-2-1-3-5-6;1-4-7(8,5-2)6-3/h1-5H,(H,8,9);8H,4-6H2,1-3H3. The molecule has 2 N–H and O–H groups in total. The molecule has 96 valence electrons. The summed E-state index contributed by atoms with van der Waals surface area (Å²) in [5, 5.41) is 17.8. The van der Waals surface area contributed by atoms with E-state index < -0.39 is 5.97 Å². The molecular weight excluding hydrogens is 216 g/mol. The summed E-state index contributed by atoms with van der Waals surface area (Å²) in [6.07, 6.45) is 2.62. The normalized spacial score (nSPS) is 10.4. The molecule has 17 heavy (non-hydrogen) atoms. The molecule has 0 aromatic heterocycles. The molecule has 0 amide bonds. The quantitative estimate of drug-likeness (QED) is 0.845. The van der Waals surface area contributed by atoms with Crippen molar-refractivity contribution in [3.05, 3.63) is 35.9 Å². The number of hydrogen-bond donors (Lipinski definition) is 2. The second kappa shape index (κ2) is 7.85. The first kappa shape index (κ1) is 15.7. The molecule has 0 aliphatic rings. The van der Waals surface area contributed by atoms with Gasteiger partial charge in [-0.15, -0.1) is 0 Å². The maximum atomic E-state index is 10.2. The fraction of sp³-hybridized carbons (Fsp3) is 0.500. The molecule has 0 heterocycles. The van der Waals surface area contributed by atoms with Gasteiger partial charge in [-0.05, 0) is 31.4 Å². The van der Waals surface area contributed by atoms with E-state index in [1.54, 1.807) is 30.3 Å². The van der Waals surface area contributed by atoms with Gasteiger partial charge in [0.25, 0.3) is 0 Å². The van der Waals surface area contributed by atoms with Crippen LogP contribution in [0.1, 0.15) is 50.4 Å². The predicted octanol–water partition coefficient (Wildman–Crippen LogP) is 3.33. The Kier molecular flexibility index (Phi) is 7.22. The Balaban J connectivity index is 0.000000304. The van der Waals surface area contributed by atoms with Gasteiger partial charge < -0.3 is 10.2 Å². The van der Waals surface area contributed by atoms with E-state index in [1.807, 2.05) is 20.8 Å². The topological polar surface area (TPSA) is 57.5 Å². The van der Waals surface area contributed by atoms with Crippen LogP contribution in [0.25, 0.3) is 0 Å². The van der Waals surface area contributed by atoms with Gasteiger partial charge in [-0.2, -0.15) is 0 Å². The maximum Gasteiger partial charge on any atom is 0.335 e. The van der Waals surface area contributed by atoms with Crippen LogP contribution in [-0.4, -0.2) is 21.8 Å². The summed E-state index contributed by atoms with van der Waals surface area (Å²) in [5.74, 6) is -0.879. The molecule has 0 saturated carbocycles. The molecular formula is C14H22O3. The van der Waals surface area contributed by atoms with E-state index in [-0.39, 0.29) is 5.60 Å². The van der Waals surface area contributed by atoms with Gasteiger partial charge >= 0.3 is 5.97 Å². The highest BCUT2D eigenvalue weighted by molar-refractivity contribution is 5.87. The van der Waals surface area contributed by atoms with E-state index in [2.05, 4.69) is 0 Å². The molecule has 0 spiro atoms. The zero-order chi connectivity index (χ0) is 13.3. The summed E-state index contributed by atoms with van der Waals surface area (Å²) >= 11 is 0. The average molecular weight is 238 g/mol. The molecule has 0 radical (unpaired) electrons. The molecule has 0 saturated heterocycles. The van der Waals surface area contributed by atoms with E-state index >= 15 is 0 Å². The first-order valence-electron chi connectivity index (χ1n) is 5.99. The van der Waals surface area contributed by atoms with Gasteiger partial charge in [-0.1, -0.05) is 39.0 Å². The van der Waals surface area contributed by atoms with Gasteiger partial charge in [0.05, 0.1) is 11.2 Å². The van der Waals surface area contributed by atoms with Crippen molar-refractivity contribution in [2.45, 2.75) is 45.6 Å². The summed E-state index contributed by atoms with van der Waals surface area (Å²) < 4.78 is 0. The van der Waals surface area contributed by atoms with Crippen molar-refractivity contribution >= 4 is 5.97 Å². The smallest absolute Gasteiger partial charge is 0.335 e. The van der Waals surface area contributed by atoms with E-state index in [1.165, 1.54) is 0 Å². The minimum absolute atomic E-state index is 0.331. The third-order valence-electron chi connectivity index (χ3n) is 3.00. The van der Waals surface area contributed by atoms with Gasteiger partial charge in [0, 0.05) is 0 Å². The summed E-state index contributed by atoms with van der Waals surface area (Å²) in [6.45, 7) is 6.06. The van der Waals surface area contributed by atoms with Gasteiger partial charge in [-0.25, -0.2) is 4.79 Å². The minimum Gasteiger partial charge on any atom is -0.478 e. The van der Waals surface area contributed by atoms with E-state index in [0.29, 0.717) is 5.56 Å². The Hall–Kier alpha value is -1.35. The van der Waals surface area contributed by atoms with Crippen LogP contribution in [0.4, 0.5) is 0 Å². The number of rotatable bonds is 4. The number of aliphatic hydroxyl groups is 1. The Morgan fingerprint density at radius 2 is 1.47 bits per heavy atom. The number of aromatic carboxylic acids is 1. The van der Waals surface area contributed by atoms with Crippen molar-refractivity contribution < 1.29 is 15.0 Å². The molecule has 0 aliphatic heterocycles. The predicted molar refractivity (Wildman–Crippen MR) is 69.2 cm³/mol. The van der Waals surface area contributed by atoms with Crippen molar-refractivity contribution in [3.8, 4) is 0 Å². The molecule has 0 fully saturated rings. The Bertz CT molecular complexity index is 307.